The largest absolute Gasteiger partial charge is 0.396 e. The van der Waals surface area contributed by atoms with Crippen LogP contribution in [0.2, 0.25) is 0 Å². The van der Waals surface area contributed by atoms with Crippen molar-refractivity contribution in [2.24, 2.45) is 0 Å². The first-order valence-electron chi connectivity index (χ1n) is 5.35. The van der Waals surface area contributed by atoms with Gasteiger partial charge in [0.2, 0.25) is 5.91 Å². The number of rotatable bonds is 4. The molecule has 0 saturated carbocycles. The molecule has 1 amide bonds. The van der Waals surface area contributed by atoms with Crippen molar-refractivity contribution in [3.05, 3.63) is 24.0 Å². The first kappa shape index (κ1) is 13.8. The molecule has 1 aromatic carbocycles. The lowest BCUT2D eigenvalue weighted by molar-refractivity contribution is -0.128. The summed E-state index contributed by atoms with van der Waals surface area (Å²) in [4.78, 5) is 14.1. The normalized spacial score (nSPS) is 10.6. The zero-order chi connectivity index (χ0) is 13.0. The van der Waals surface area contributed by atoms with Crippen molar-refractivity contribution in [3.8, 4) is 0 Å². The number of carbonyl (C=O) groups is 1. The van der Waals surface area contributed by atoms with Crippen molar-refractivity contribution in [2.75, 3.05) is 18.5 Å². The van der Waals surface area contributed by atoms with Gasteiger partial charge in [0.1, 0.15) is 5.82 Å². The number of nitrogens with two attached hydrogens (primary N) is 1. The SMILES string of the molecule is CC(C)N(C)C(=O)CSc1ccc(N)c(F)c1. The summed E-state index contributed by atoms with van der Waals surface area (Å²) in [6.07, 6.45) is 0. The highest BCUT2D eigenvalue weighted by atomic mass is 32.2. The number of thioether (sulfide) groups is 1. The van der Waals surface area contributed by atoms with Gasteiger partial charge in [0, 0.05) is 18.0 Å². The van der Waals surface area contributed by atoms with Crippen molar-refractivity contribution < 1.29 is 9.18 Å². The third-order valence-electron chi connectivity index (χ3n) is 2.50. The molecule has 5 heteroatoms. The highest BCUT2D eigenvalue weighted by Gasteiger charge is 2.12. The first-order chi connectivity index (χ1) is 7.91. The van der Waals surface area contributed by atoms with E-state index in [0.29, 0.717) is 10.6 Å². The van der Waals surface area contributed by atoms with Crippen LogP contribution >= 0.6 is 11.8 Å². The maximum atomic E-state index is 13.2. The summed E-state index contributed by atoms with van der Waals surface area (Å²) < 4.78 is 13.2. The van der Waals surface area contributed by atoms with Gasteiger partial charge in [0.15, 0.2) is 0 Å². The Kier molecular flexibility index (Phi) is 4.81. The maximum Gasteiger partial charge on any atom is 0.232 e. The van der Waals surface area contributed by atoms with Crippen LogP contribution in [0.4, 0.5) is 10.1 Å². The highest BCUT2D eigenvalue weighted by molar-refractivity contribution is 8.00. The minimum atomic E-state index is -0.445. The van der Waals surface area contributed by atoms with E-state index in [0.717, 1.165) is 0 Å². The molecule has 0 heterocycles. The van der Waals surface area contributed by atoms with E-state index in [2.05, 4.69) is 0 Å². The molecule has 17 heavy (non-hydrogen) atoms. The van der Waals surface area contributed by atoms with Gasteiger partial charge in [-0.1, -0.05) is 0 Å². The zero-order valence-electron chi connectivity index (χ0n) is 10.2. The van der Waals surface area contributed by atoms with E-state index < -0.39 is 5.82 Å². The molecule has 0 spiro atoms. The van der Waals surface area contributed by atoms with Gasteiger partial charge in [-0.2, -0.15) is 0 Å². The van der Waals surface area contributed by atoms with E-state index in [-0.39, 0.29) is 17.6 Å². The van der Waals surface area contributed by atoms with Crippen LogP contribution in [0.15, 0.2) is 23.1 Å². The average Bonchev–Trinajstić information content (AvgIpc) is 2.29. The molecule has 2 N–H and O–H groups in total. The Balaban J connectivity index is 2.56. The molecular formula is C12H17FN2OS. The molecule has 1 aromatic rings. The van der Waals surface area contributed by atoms with E-state index in [4.69, 9.17) is 5.73 Å². The van der Waals surface area contributed by atoms with Crippen LogP contribution in [0.5, 0.6) is 0 Å². The molecule has 94 valence electrons. The number of nitrogens with zero attached hydrogens (tertiary/aromatic N) is 1. The average molecular weight is 256 g/mol. The van der Waals surface area contributed by atoms with Gasteiger partial charge >= 0.3 is 0 Å². The van der Waals surface area contributed by atoms with Crippen molar-refractivity contribution in [2.45, 2.75) is 24.8 Å². The second-order valence-electron chi connectivity index (χ2n) is 4.07. The number of hydrogen-bond donors (Lipinski definition) is 1. The summed E-state index contributed by atoms with van der Waals surface area (Å²) in [6.45, 7) is 3.90. The number of anilines is 1. The first-order valence-corrected chi connectivity index (χ1v) is 6.34. The van der Waals surface area contributed by atoms with Crippen LogP contribution < -0.4 is 5.73 Å². The molecule has 0 atom stereocenters. The van der Waals surface area contributed by atoms with E-state index >= 15 is 0 Å². The number of halogens is 1. The molecule has 0 fully saturated rings. The molecule has 0 aliphatic rings. The molecule has 0 bridgehead atoms. The Morgan fingerprint density at radius 3 is 2.71 bits per heavy atom. The smallest absolute Gasteiger partial charge is 0.232 e. The lowest BCUT2D eigenvalue weighted by Crippen LogP contribution is -2.34. The van der Waals surface area contributed by atoms with E-state index in [1.54, 1.807) is 18.0 Å². The van der Waals surface area contributed by atoms with Crippen molar-refractivity contribution >= 4 is 23.4 Å². The number of amides is 1. The van der Waals surface area contributed by atoms with Crippen molar-refractivity contribution in [3.63, 3.8) is 0 Å². The topological polar surface area (TPSA) is 46.3 Å². The van der Waals surface area contributed by atoms with Gasteiger partial charge in [0.25, 0.3) is 0 Å². The van der Waals surface area contributed by atoms with E-state index in [1.807, 2.05) is 13.8 Å². The summed E-state index contributed by atoms with van der Waals surface area (Å²) in [5.41, 5.74) is 5.50. The fraction of sp³-hybridized carbons (Fsp3) is 0.417. The number of benzene rings is 1. The Morgan fingerprint density at radius 2 is 2.18 bits per heavy atom. The second-order valence-corrected chi connectivity index (χ2v) is 5.12. The minimum absolute atomic E-state index is 0.0298. The van der Waals surface area contributed by atoms with Crippen LogP contribution in [-0.2, 0) is 4.79 Å². The zero-order valence-corrected chi connectivity index (χ0v) is 11.1. The molecule has 0 aliphatic carbocycles. The molecule has 0 unspecified atom stereocenters. The van der Waals surface area contributed by atoms with Crippen LogP contribution in [0.3, 0.4) is 0 Å². The lowest BCUT2D eigenvalue weighted by atomic mass is 10.3. The summed E-state index contributed by atoms with van der Waals surface area (Å²) in [7, 11) is 1.76. The monoisotopic (exact) mass is 256 g/mol. The van der Waals surface area contributed by atoms with Crippen LogP contribution in [0.25, 0.3) is 0 Å². The van der Waals surface area contributed by atoms with Gasteiger partial charge < -0.3 is 10.6 Å². The summed E-state index contributed by atoms with van der Waals surface area (Å²) in [5.74, 6) is -0.111. The third-order valence-corrected chi connectivity index (χ3v) is 3.48. The molecule has 0 aliphatic heterocycles. The number of nitrogen functional groups attached to an aromatic ring is 1. The molecule has 0 aromatic heterocycles. The fourth-order valence-corrected chi connectivity index (χ4v) is 1.98. The summed E-state index contributed by atoms with van der Waals surface area (Å²) >= 11 is 1.31. The van der Waals surface area contributed by atoms with Gasteiger partial charge in [-0.05, 0) is 32.0 Å². The van der Waals surface area contributed by atoms with Gasteiger partial charge in [0.05, 0.1) is 11.4 Å². The molecule has 1 rings (SSSR count). The van der Waals surface area contributed by atoms with Crippen LogP contribution in [0.1, 0.15) is 13.8 Å². The Morgan fingerprint density at radius 1 is 1.53 bits per heavy atom. The second kappa shape index (κ2) is 5.91. The maximum absolute atomic E-state index is 13.2. The van der Waals surface area contributed by atoms with Gasteiger partial charge in [-0.15, -0.1) is 11.8 Å². The van der Waals surface area contributed by atoms with Gasteiger partial charge in [-0.3, -0.25) is 4.79 Å². The predicted octanol–water partition coefficient (Wildman–Crippen LogP) is 2.37. The standard InChI is InChI=1S/C12H17FN2OS/c1-8(2)15(3)12(16)7-17-9-4-5-11(14)10(13)6-9/h4-6,8H,7,14H2,1-3H3. The molecular weight excluding hydrogens is 239 g/mol. The molecule has 0 radical (unpaired) electrons. The summed E-state index contributed by atoms with van der Waals surface area (Å²) in [6, 6.07) is 4.74. The van der Waals surface area contributed by atoms with E-state index in [9.17, 15) is 9.18 Å². The third kappa shape index (κ3) is 3.93. The van der Waals surface area contributed by atoms with E-state index in [1.165, 1.54) is 23.9 Å². The van der Waals surface area contributed by atoms with Gasteiger partial charge in [-0.25, -0.2) is 4.39 Å². The molecule has 0 saturated heterocycles. The number of hydrogen-bond acceptors (Lipinski definition) is 3. The Bertz CT molecular complexity index is 409. The summed E-state index contributed by atoms with van der Waals surface area (Å²) in [5, 5.41) is 0. The van der Waals surface area contributed by atoms with Crippen LogP contribution in [-0.4, -0.2) is 29.6 Å². The minimum Gasteiger partial charge on any atom is -0.396 e. The fourth-order valence-electron chi connectivity index (χ4n) is 1.13. The lowest BCUT2D eigenvalue weighted by Gasteiger charge is -2.21. The Labute approximate surface area is 105 Å². The Hall–Kier alpha value is -1.23. The predicted molar refractivity (Wildman–Crippen MR) is 69.4 cm³/mol. The van der Waals surface area contributed by atoms with Crippen molar-refractivity contribution in [1.29, 1.82) is 0 Å². The number of carbonyl (C=O) groups excluding carboxylic acids is 1. The quantitative estimate of drug-likeness (QED) is 0.664. The van der Waals surface area contributed by atoms with Crippen LogP contribution in [0, 0.1) is 5.82 Å². The molecule has 3 nitrogen and oxygen atoms in total. The highest BCUT2D eigenvalue weighted by Crippen LogP contribution is 2.22. The van der Waals surface area contributed by atoms with Crippen molar-refractivity contribution in [1.82, 2.24) is 4.90 Å².